The fraction of sp³-hybridized carbons (Fsp3) is 0.393. The molecule has 2 unspecified atom stereocenters. The van der Waals surface area contributed by atoms with Crippen molar-refractivity contribution in [1.29, 1.82) is 0 Å². The predicted octanol–water partition coefficient (Wildman–Crippen LogP) is 3.58. The molecule has 37 heavy (non-hydrogen) atoms. The molecule has 9 heteroatoms. The molecule has 0 aromatic heterocycles. The molecule has 8 nitrogen and oxygen atoms in total. The standard InChI is InChI=1S/C28H33FN4O4/c1-4-32-23(24(27(35)37-5-2)25(30-28(32)36)20-11-7-6-8-12-20)18-31-15-16-33(19(3)17-31)26(34)21-13-9-10-14-22(21)29/h6-14,19,25H,4-5,15-18H2,1-3H3,(H,30,36). The van der Waals surface area contributed by atoms with Crippen LogP contribution in [0.2, 0.25) is 0 Å². The van der Waals surface area contributed by atoms with Crippen LogP contribution in [0.1, 0.15) is 42.7 Å². The van der Waals surface area contributed by atoms with Crippen LogP contribution in [0, 0.1) is 5.82 Å². The van der Waals surface area contributed by atoms with Gasteiger partial charge in [0.1, 0.15) is 5.82 Å². The van der Waals surface area contributed by atoms with Gasteiger partial charge in [-0.05, 0) is 38.5 Å². The molecule has 2 atom stereocenters. The highest BCUT2D eigenvalue weighted by Crippen LogP contribution is 2.32. The maximum Gasteiger partial charge on any atom is 0.338 e. The third-order valence-electron chi connectivity index (χ3n) is 6.83. The SMILES string of the molecule is CCOC(=O)C1=C(CN2CCN(C(=O)c3ccccc3F)C(C)C2)N(CC)C(=O)NC1c1ccccc1. The number of rotatable bonds is 7. The number of carbonyl (C=O) groups is 3. The molecule has 1 saturated heterocycles. The molecule has 2 aromatic rings. The Bertz CT molecular complexity index is 1190. The van der Waals surface area contributed by atoms with Gasteiger partial charge in [-0.1, -0.05) is 42.5 Å². The number of urea groups is 1. The zero-order valence-electron chi connectivity index (χ0n) is 21.4. The minimum Gasteiger partial charge on any atom is -0.463 e. The average molecular weight is 509 g/mol. The molecule has 0 bridgehead atoms. The van der Waals surface area contributed by atoms with Crippen LogP contribution < -0.4 is 5.32 Å². The highest BCUT2D eigenvalue weighted by atomic mass is 19.1. The lowest BCUT2D eigenvalue weighted by Crippen LogP contribution is -2.56. The molecule has 2 aliphatic rings. The number of hydrogen-bond acceptors (Lipinski definition) is 5. The summed E-state index contributed by atoms with van der Waals surface area (Å²) in [7, 11) is 0. The van der Waals surface area contributed by atoms with Crippen molar-refractivity contribution in [2.24, 2.45) is 0 Å². The number of hydrogen-bond donors (Lipinski definition) is 1. The third-order valence-corrected chi connectivity index (χ3v) is 6.83. The second kappa shape index (κ2) is 11.6. The summed E-state index contributed by atoms with van der Waals surface area (Å²) in [5.74, 6) is -1.34. The predicted molar refractivity (Wildman–Crippen MR) is 137 cm³/mol. The number of halogens is 1. The molecule has 196 valence electrons. The summed E-state index contributed by atoms with van der Waals surface area (Å²) < 4.78 is 19.7. The summed E-state index contributed by atoms with van der Waals surface area (Å²) >= 11 is 0. The summed E-state index contributed by atoms with van der Waals surface area (Å²) in [6.45, 7) is 7.89. The third kappa shape index (κ3) is 5.51. The quantitative estimate of drug-likeness (QED) is 0.579. The first kappa shape index (κ1) is 26.3. The first-order valence-corrected chi connectivity index (χ1v) is 12.7. The molecule has 0 aliphatic carbocycles. The van der Waals surface area contributed by atoms with Gasteiger partial charge in [0.15, 0.2) is 0 Å². The molecule has 0 radical (unpaired) electrons. The second-order valence-corrected chi connectivity index (χ2v) is 9.18. The maximum atomic E-state index is 14.2. The van der Waals surface area contributed by atoms with Crippen LogP contribution >= 0.6 is 0 Å². The molecular weight excluding hydrogens is 475 g/mol. The Balaban J connectivity index is 1.62. The van der Waals surface area contributed by atoms with Gasteiger partial charge in [0.05, 0.1) is 23.8 Å². The lowest BCUT2D eigenvalue weighted by Gasteiger charge is -2.43. The Morgan fingerprint density at radius 2 is 1.76 bits per heavy atom. The van der Waals surface area contributed by atoms with Crippen molar-refractivity contribution in [2.75, 3.05) is 39.3 Å². The fourth-order valence-corrected chi connectivity index (χ4v) is 5.03. The van der Waals surface area contributed by atoms with Crippen LogP contribution in [0.3, 0.4) is 0 Å². The van der Waals surface area contributed by atoms with Crippen LogP contribution in [-0.2, 0) is 9.53 Å². The summed E-state index contributed by atoms with van der Waals surface area (Å²) in [6.07, 6.45) is 0. The average Bonchev–Trinajstić information content (AvgIpc) is 2.89. The molecule has 1 fully saturated rings. The van der Waals surface area contributed by atoms with E-state index in [2.05, 4.69) is 10.2 Å². The molecule has 0 spiro atoms. The summed E-state index contributed by atoms with van der Waals surface area (Å²) in [5.41, 5.74) is 1.86. The van der Waals surface area contributed by atoms with Gasteiger partial charge in [0.25, 0.3) is 5.91 Å². The molecule has 0 saturated carbocycles. The van der Waals surface area contributed by atoms with Gasteiger partial charge >= 0.3 is 12.0 Å². The van der Waals surface area contributed by atoms with Gasteiger partial charge in [-0.25, -0.2) is 14.0 Å². The zero-order chi connectivity index (χ0) is 26.5. The van der Waals surface area contributed by atoms with Crippen LogP contribution in [0.5, 0.6) is 0 Å². The van der Waals surface area contributed by atoms with Crippen molar-refractivity contribution in [3.63, 3.8) is 0 Å². The van der Waals surface area contributed by atoms with E-state index in [9.17, 15) is 18.8 Å². The summed E-state index contributed by atoms with van der Waals surface area (Å²) in [6, 6.07) is 14.2. The van der Waals surface area contributed by atoms with E-state index in [1.807, 2.05) is 44.2 Å². The van der Waals surface area contributed by atoms with E-state index in [1.54, 1.807) is 28.9 Å². The molecule has 2 aromatic carbocycles. The topological polar surface area (TPSA) is 82.2 Å². The highest BCUT2D eigenvalue weighted by molar-refractivity contribution is 5.95. The minimum atomic E-state index is -0.633. The smallest absolute Gasteiger partial charge is 0.338 e. The highest BCUT2D eigenvalue weighted by Gasteiger charge is 2.39. The largest absolute Gasteiger partial charge is 0.463 e. The van der Waals surface area contributed by atoms with Gasteiger partial charge < -0.3 is 15.0 Å². The number of likely N-dealkylation sites (N-methyl/N-ethyl adjacent to an activating group) is 1. The zero-order valence-corrected chi connectivity index (χ0v) is 21.4. The number of carbonyl (C=O) groups excluding carboxylic acids is 3. The number of nitrogens with one attached hydrogen (secondary N) is 1. The van der Waals surface area contributed by atoms with Crippen LogP contribution in [-0.4, -0.2) is 78.0 Å². The van der Waals surface area contributed by atoms with Crippen molar-refractivity contribution >= 4 is 17.9 Å². The Morgan fingerprint density at radius 1 is 1.05 bits per heavy atom. The molecule has 2 aliphatic heterocycles. The number of nitrogens with zero attached hydrogens (tertiary/aromatic N) is 3. The van der Waals surface area contributed by atoms with Gasteiger partial charge in [0.2, 0.25) is 0 Å². The van der Waals surface area contributed by atoms with Gasteiger partial charge in [-0.15, -0.1) is 0 Å². The van der Waals surface area contributed by atoms with Gasteiger partial charge in [-0.2, -0.15) is 0 Å². The normalized spacial score (nSPS) is 20.6. The maximum absolute atomic E-state index is 14.2. The second-order valence-electron chi connectivity index (χ2n) is 9.18. The molecule has 3 amide bonds. The number of benzene rings is 2. The summed E-state index contributed by atoms with van der Waals surface area (Å²) in [4.78, 5) is 44.7. The first-order chi connectivity index (χ1) is 17.8. The monoisotopic (exact) mass is 508 g/mol. The van der Waals surface area contributed by atoms with Gasteiger partial charge in [-0.3, -0.25) is 14.6 Å². The molecule has 4 rings (SSSR count). The number of amides is 3. The Labute approximate surface area is 216 Å². The first-order valence-electron chi connectivity index (χ1n) is 12.7. The minimum absolute atomic E-state index is 0.0573. The van der Waals surface area contributed by atoms with Crippen molar-refractivity contribution in [1.82, 2.24) is 20.0 Å². The Morgan fingerprint density at radius 3 is 2.41 bits per heavy atom. The van der Waals surface area contributed by atoms with E-state index in [0.717, 1.165) is 5.56 Å². The summed E-state index contributed by atoms with van der Waals surface area (Å²) in [5, 5.41) is 2.97. The number of ether oxygens (including phenoxy) is 1. The van der Waals surface area contributed by atoms with E-state index in [0.29, 0.717) is 44.0 Å². The van der Waals surface area contributed by atoms with E-state index < -0.39 is 17.8 Å². The van der Waals surface area contributed by atoms with Crippen LogP contribution in [0.25, 0.3) is 0 Å². The van der Waals surface area contributed by atoms with Crippen molar-refractivity contribution in [3.05, 3.63) is 82.8 Å². The molecular formula is C28H33FN4O4. The van der Waals surface area contributed by atoms with Crippen molar-refractivity contribution in [3.8, 4) is 0 Å². The van der Waals surface area contributed by atoms with E-state index in [1.165, 1.54) is 12.1 Å². The van der Waals surface area contributed by atoms with E-state index in [4.69, 9.17) is 4.74 Å². The lowest BCUT2D eigenvalue weighted by atomic mass is 9.94. The Hall–Kier alpha value is -3.72. The Kier molecular flexibility index (Phi) is 8.23. The molecule has 1 N–H and O–H groups in total. The lowest BCUT2D eigenvalue weighted by molar-refractivity contribution is -0.139. The number of piperazine rings is 1. The molecule has 2 heterocycles. The van der Waals surface area contributed by atoms with Gasteiger partial charge in [0, 0.05) is 44.5 Å². The van der Waals surface area contributed by atoms with Crippen molar-refractivity contribution in [2.45, 2.75) is 32.9 Å². The van der Waals surface area contributed by atoms with E-state index in [-0.39, 0.29) is 30.2 Å². The van der Waals surface area contributed by atoms with Crippen LogP contribution in [0.4, 0.5) is 9.18 Å². The van der Waals surface area contributed by atoms with E-state index >= 15 is 0 Å². The van der Waals surface area contributed by atoms with Crippen LogP contribution in [0.15, 0.2) is 65.9 Å². The van der Waals surface area contributed by atoms with Crippen molar-refractivity contribution < 1.29 is 23.5 Å². The fourth-order valence-electron chi connectivity index (χ4n) is 5.03. The number of esters is 1.